The Morgan fingerprint density at radius 2 is 1.87 bits per heavy atom. The second-order valence-corrected chi connectivity index (χ2v) is 5.31. The molecule has 0 bridgehead atoms. The van der Waals surface area contributed by atoms with E-state index >= 15 is 0 Å². The zero-order chi connectivity index (χ0) is 16.2. The Morgan fingerprint density at radius 1 is 1.09 bits per heavy atom. The van der Waals surface area contributed by atoms with Crippen molar-refractivity contribution >= 4 is 0 Å². The predicted molar refractivity (Wildman–Crippen MR) is 88.5 cm³/mol. The topological polar surface area (TPSA) is 52.3 Å². The van der Waals surface area contributed by atoms with E-state index in [0.717, 1.165) is 11.1 Å². The maximum absolute atomic E-state index is 12.1. The molecule has 0 fully saturated rings. The van der Waals surface area contributed by atoms with Gasteiger partial charge >= 0.3 is 0 Å². The van der Waals surface area contributed by atoms with Crippen LogP contribution >= 0.6 is 0 Å². The number of hydrogen-bond acceptors (Lipinski definition) is 4. The Morgan fingerprint density at radius 3 is 2.52 bits per heavy atom. The van der Waals surface area contributed by atoms with E-state index in [1.54, 1.807) is 26.1 Å². The van der Waals surface area contributed by atoms with Gasteiger partial charge in [-0.3, -0.25) is 4.79 Å². The first-order valence-corrected chi connectivity index (χ1v) is 7.38. The van der Waals surface area contributed by atoms with Gasteiger partial charge in [0, 0.05) is 23.9 Å². The van der Waals surface area contributed by atoms with E-state index in [1.807, 2.05) is 36.4 Å². The molecule has 2 aromatic heterocycles. The van der Waals surface area contributed by atoms with Gasteiger partial charge in [0.2, 0.25) is 5.88 Å². The third-order valence-electron chi connectivity index (χ3n) is 3.50. The van der Waals surface area contributed by atoms with Crippen LogP contribution < -0.4 is 10.2 Å². The van der Waals surface area contributed by atoms with E-state index in [1.165, 1.54) is 6.07 Å². The van der Waals surface area contributed by atoms with Crippen LogP contribution in [0.2, 0.25) is 0 Å². The van der Waals surface area contributed by atoms with Crippen molar-refractivity contribution < 1.29 is 9.15 Å². The monoisotopic (exact) mass is 307 g/mol. The second-order valence-electron chi connectivity index (χ2n) is 5.31. The lowest BCUT2D eigenvalue weighted by Gasteiger charge is -2.08. The number of benzene rings is 1. The van der Waals surface area contributed by atoms with Crippen molar-refractivity contribution in [2.24, 2.45) is 0 Å². The molecule has 116 valence electrons. The minimum absolute atomic E-state index is 0.0639. The SMILES string of the molecule is Cc1cc(=O)c(-c2ccc(OCc3ccccc3)nc2)c(C)o1. The number of rotatable bonds is 4. The molecule has 3 aromatic rings. The molecule has 0 aliphatic carbocycles. The van der Waals surface area contributed by atoms with E-state index in [-0.39, 0.29) is 5.43 Å². The van der Waals surface area contributed by atoms with Crippen LogP contribution in [0.15, 0.2) is 63.9 Å². The first-order valence-electron chi connectivity index (χ1n) is 7.38. The summed E-state index contributed by atoms with van der Waals surface area (Å²) in [5.41, 5.74) is 2.28. The maximum Gasteiger partial charge on any atom is 0.213 e. The highest BCUT2D eigenvalue weighted by Crippen LogP contribution is 2.21. The van der Waals surface area contributed by atoms with Crippen LogP contribution in [-0.2, 0) is 6.61 Å². The Kier molecular flexibility index (Phi) is 4.24. The molecule has 0 spiro atoms. The van der Waals surface area contributed by atoms with Gasteiger partial charge in [-0.2, -0.15) is 0 Å². The molecule has 4 heteroatoms. The smallest absolute Gasteiger partial charge is 0.213 e. The molecule has 4 nitrogen and oxygen atoms in total. The van der Waals surface area contributed by atoms with Gasteiger partial charge in [-0.05, 0) is 25.5 Å². The standard InChI is InChI=1S/C19H17NO3/c1-13-10-17(21)19(14(2)23-13)16-8-9-18(20-11-16)22-12-15-6-4-3-5-7-15/h3-11H,12H2,1-2H3. The van der Waals surface area contributed by atoms with Gasteiger partial charge in [0.1, 0.15) is 18.1 Å². The Balaban J connectivity index is 1.79. The zero-order valence-corrected chi connectivity index (χ0v) is 13.1. The highest BCUT2D eigenvalue weighted by molar-refractivity contribution is 5.64. The van der Waals surface area contributed by atoms with Crippen molar-refractivity contribution in [3.05, 3.63) is 82.0 Å². The lowest BCUT2D eigenvalue weighted by Crippen LogP contribution is -2.06. The summed E-state index contributed by atoms with van der Waals surface area (Å²) in [7, 11) is 0. The molecule has 0 radical (unpaired) electrons. The van der Waals surface area contributed by atoms with Gasteiger partial charge in [0.15, 0.2) is 5.43 Å². The zero-order valence-electron chi connectivity index (χ0n) is 13.1. The van der Waals surface area contributed by atoms with E-state index in [4.69, 9.17) is 9.15 Å². The molecule has 0 aliphatic rings. The van der Waals surface area contributed by atoms with Gasteiger partial charge < -0.3 is 9.15 Å². The number of aryl methyl sites for hydroxylation is 2. The third kappa shape index (κ3) is 3.48. The summed E-state index contributed by atoms with van der Waals surface area (Å²) >= 11 is 0. The molecule has 0 N–H and O–H groups in total. The fraction of sp³-hybridized carbons (Fsp3) is 0.158. The van der Waals surface area contributed by atoms with Crippen molar-refractivity contribution in [2.45, 2.75) is 20.5 Å². The van der Waals surface area contributed by atoms with Crippen molar-refractivity contribution in [2.75, 3.05) is 0 Å². The van der Waals surface area contributed by atoms with E-state index in [0.29, 0.717) is 29.6 Å². The quantitative estimate of drug-likeness (QED) is 0.733. The van der Waals surface area contributed by atoms with E-state index < -0.39 is 0 Å². The van der Waals surface area contributed by atoms with Crippen molar-refractivity contribution in [1.29, 1.82) is 0 Å². The average molecular weight is 307 g/mol. The first kappa shape index (κ1) is 15.0. The predicted octanol–water partition coefficient (Wildman–Crippen LogP) is 3.90. The molecule has 23 heavy (non-hydrogen) atoms. The number of nitrogens with zero attached hydrogens (tertiary/aromatic N) is 1. The molecular formula is C19H17NO3. The molecule has 2 heterocycles. The number of aromatic nitrogens is 1. The summed E-state index contributed by atoms with van der Waals surface area (Å²) in [5, 5.41) is 0. The highest BCUT2D eigenvalue weighted by Gasteiger charge is 2.10. The Hall–Kier alpha value is -2.88. The van der Waals surface area contributed by atoms with Gasteiger partial charge in [-0.1, -0.05) is 30.3 Å². The lowest BCUT2D eigenvalue weighted by molar-refractivity contribution is 0.294. The van der Waals surface area contributed by atoms with E-state index in [9.17, 15) is 4.79 Å². The maximum atomic E-state index is 12.1. The number of hydrogen-bond donors (Lipinski definition) is 0. The first-order chi connectivity index (χ1) is 11.1. The van der Waals surface area contributed by atoms with Gasteiger partial charge in [0.25, 0.3) is 0 Å². The van der Waals surface area contributed by atoms with Gasteiger partial charge in [-0.15, -0.1) is 0 Å². The van der Waals surface area contributed by atoms with Gasteiger partial charge in [0.05, 0.1) is 5.56 Å². The fourth-order valence-corrected chi connectivity index (χ4v) is 2.44. The largest absolute Gasteiger partial charge is 0.473 e. The summed E-state index contributed by atoms with van der Waals surface area (Å²) in [6, 6.07) is 15.0. The average Bonchev–Trinajstić information content (AvgIpc) is 2.54. The van der Waals surface area contributed by atoms with E-state index in [2.05, 4.69) is 4.98 Å². The van der Waals surface area contributed by atoms with Crippen molar-refractivity contribution in [1.82, 2.24) is 4.98 Å². The normalized spacial score (nSPS) is 10.5. The lowest BCUT2D eigenvalue weighted by atomic mass is 10.1. The molecule has 3 rings (SSSR count). The number of ether oxygens (including phenoxy) is 1. The van der Waals surface area contributed by atoms with Crippen LogP contribution in [0.4, 0.5) is 0 Å². The molecular weight excluding hydrogens is 290 g/mol. The summed E-state index contributed by atoms with van der Waals surface area (Å²) in [4.78, 5) is 16.4. The van der Waals surface area contributed by atoms with Crippen LogP contribution in [0.25, 0.3) is 11.1 Å². The summed E-state index contributed by atoms with van der Waals surface area (Å²) in [6.07, 6.45) is 1.63. The molecule has 0 atom stereocenters. The third-order valence-corrected chi connectivity index (χ3v) is 3.50. The Bertz CT molecular complexity index is 852. The molecule has 0 saturated carbocycles. The summed E-state index contributed by atoms with van der Waals surface area (Å²) < 4.78 is 11.2. The van der Waals surface area contributed by atoms with Crippen LogP contribution in [0.3, 0.4) is 0 Å². The molecule has 0 unspecified atom stereocenters. The molecule has 0 amide bonds. The molecule has 0 saturated heterocycles. The van der Waals surface area contributed by atoms with Crippen LogP contribution in [0, 0.1) is 13.8 Å². The van der Waals surface area contributed by atoms with Gasteiger partial charge in [-0.25, -0.2) is 4.98 Å². The second kappa shape index (κ2) is 6.48. The van der Waals surface area contributed by atoms with Crippen LogP contribution in [-0.4, -0.2) is 4.98 Å². The molecule has 0 aliphatic heterocycles. The highest BCUT2D eigenvalue weighted by atomic mass is 16.5. The van der Waals surface area contributed by atoms with Crippen molar-refractivity contribution in [3.63, 3.8) is 0 Å². The van der Waals surface area contributed by atoms with Crippen molar-refractivity contribution in [3.8, 4) is 17.0 Å². The minimum Gasteiger partial charge on any atom is -0.473 e. The summed E-state index contributed by atoms with van der Waals surface area (Å²) in [5.74, 6) is 1.72. The molecule has 1 aromatic carbocycles. The number of pyridine rings is 1. The van der Waals surface area contributed by atoms with Crippen LogP contribution in [0.1, 0.15) is 17.1 Å². The minimum atomic E-state index is -0.0639. The fourth-order valence-electron chi connectivity index (χ4n) is 2.44. The summed E-state index contributed by atoms with van der Waals surface area (Å²) in [6.45, 7) is 4.00. The Labute approximate surface area is 134 Å². The van der Waals surface area contributed by atoms with Crippen LogP contribution in [0.5, 0.6) is 5.88 Å².